The van der Waals surface area contributed by atoms with E-state index in [2.05, 4.69) is 10.3 Å². The van der Waals surface area contributed by atoms with E-state index in [0.29, 0.717) is 16.2 Å². The van der Waals surface area contributed by atoms with Gasteiger partial charge in [0.25, 0.3) is 5.56 Å². The molecule has 2 N–H and O–H groups in total. The fraction of sp³-hybridized carbons (Fsp3) is 0.174. The Bertz CT molecular complexity index is 1290. The third-order valence-electron chi connectivity index (χ3n) is 5.07. The maximum Gasteiger partial charge on any atom is 0.278 e. The van der Waals surface area contributed by atoms with Crippen LogP contribution in [-0.4, -0.2) is 26.2 Å². The first kappa shape index (κ1) is 20.0. The van der Waals surface area contributed by atoms with Gasteiger partial charge >= 0.3 is 0 Å². The number of carbonyl (C=O) groups excluding carboxylic acids is 1. The van der Waals surface area contributed by atoms with Crippen molar-refractivity contribution in [2.75, 3.05) is 11.1 Å². The molecule has 0 aliphatic carbocycles. The molecule has 0 aliphatic heterocycles. The number of aromatic nitrogens is 3. The summed E-state index contributed by atoms with van der Waals surface area (Å²) in [5.74, 6) is 0.0130. The highest BCUT2D eigenvalue weighted by molar-refractivity contribution is 7.99. The van der Waals surface area contributed by atoms with E-state index in [4.69, 9.17) is 4.98 Å². The molecular weight excluding hydrogens is 396 g/mol. The molecular formula is C23H22N4O2S. The summed E-state index contributed by atoms with van der Waals surface area (Å²) in [4.78, 5) is 32.9. The van der Waals surface area contributed by atoms with E-state index in [1.165, 1.54) is 21.9 Å². The standard InChI is InChI=1S/C23H22N4O2S/c1-14-9-10-17(11-15(14)2)25-19(28)13-30-23-26-20-18(16-7-5-4-6-8-16)12-24-21(20)22(29)27(23)3/h4-12,24H,13H2,1-3H3,(H,25,28). The van der Waals surface area contributed by atoms with Gasteiger partial charge in [0.2, 0.25) is 5.91 Å². The molecule has 0 radical (unpaired) electrons. The lowest BCUT2D eigenvalue weighted by Crippen LogP contribution is -2.21. The van der Waals surface area contributed by atoms with E-state index in [1.807, 2.05) is 62.4 Å². The average molecular weight is 419 g/mol. The Hall–Kier alpha value is -3.32. The Morgan fingerprint density at radius 3 is 2.63 bits per heavy atom. The highest BCUT2D eigenvalue weighted by atomic mass is 32.2. The van der Waals surface area contributed by atoms with Crippen LogP contribution in [0.1, 0.15) is 11.1 Å². The van der Waals surface area contributed by atoms with Gasteiger partial charge in [-0.2, -0.15) is 0 Å². The van der Waals surface area contributed by atoms with Crippen LogP contribution >= 0.6 is 11.8 Å². The lowest BCUT2D eigenvalue weighted by atomic mass is 10.1. The van der Waals surface area contributed by atoms with Crippen LogP contribution in [0.3, 0.4) is 0 Å². The summed E-state index contributed by atoms with van der Waals surface area (Å²) in [5, 5.41) is 3.40. The van der Waals surface area contributed by atoms with Crippen molar-refractivity contribution in [2.24, 2.45) is 7.05 Å². The molecule has 0 atom stereocenters. The number of fused-ring (bicyclic) bond motifs is 1. The van der Waals surface area contributed by atoms with Gasteiger partial charge in [-0.1, -0.05) is 48.2 Å². The molecule has 2 aromatic heterocycles. The summed E-state index contributed by atoms with van der Waals surface area (Å²) in [5.41, 5.74) is 5.81. The molecule has 0 spiro atoms. The van der Waals surface area contributed by atoms with Crippen molar-refractivity contribution in [3.05, 3.63) is 76.2 Å². The van der Waals surface area contributed by atoms with Crippen molar-refractivity contribution in [3.8, 4) is 11.1 Å². The summed E-state index contributed by atoms with van der Waals surface area (Å²) >= 11 is 1.24. The molecule has 2 aromatic carbocycles. The molecule has 30 heavy (non-hydrogen) atoms. The molecule has 4 rings (SSSR count). The lowest BCUT2D eigenvalue weighted by Gasteiger charge is -2.09. The zero-order chi connectivity index (χ0) is 21.3. The molecule has 0 aliphatic rings. The van der Waals surface area contributed by atoms with Crippen LogP contribution in [0, 0.1) is 13.8 Å². The topological polar surface area (TPSA) is 79.8 Å². The summed E-state index contributed by atoms with van der Waals surface area (Å²) in [6.07, 6.45) is 1.80. The summed E-state index contributed by atoms with van der Waals surface area (Å²) in [6.45, 7) is 4.04. The van der Waals surface area contributed by atoms with Gasteiger partial charge in [0, 0.05) is 24.5 Å². The Balaban J connectivity index is 1.58. The molecule has 0 unspecified atom stereocenters. The van der Waals surface area contributed by atoms with Crippen LogP contribution < -0.4 is 10.9 Å². The van der Waals surface area contributed by atoms with Crippen molar-refractivity contribution < 1.29 is 4.79 Å². The Morgan fingerprint density at radius 1 is 1.13 bits per heavy atom. The number of carbonyl (C=O) groups is 1. The number of benzene rings is 2. The summed E-state index contributed by atoms with van der Waals surface area (Å²) in [7, 11) is 1.67. The number of amides is 1. The zero-order valence-corrected chi connectivity index (χ0v) is 17.8. The van der Waals surface area contributed by atoms with E-state index >= 15 is 0 Å². The molecule has 2 heterocycles. The van der Waals surface area contributed by atoms with Crippen molar-refractivity contribution in [3.63, 3.8) is 0 Å². The summed E-state index contributed by atoms with van der Waals surface area (Å²) < 4.78 is 1.47. The Kier molecular flexibility index (Phi) is 5.46. The van der Waals surface area contributed by atoms with E-state index in [0.717, 1.165) is 22.4 Å². The SMILES string of the molecule is Cc1ccc(NC(=O)CSc2nc3c(-c4ccccc4)c[nH]c3c(=O)n2C)cc1C. The van der Waals surface area contributed by atoms with Crippen LogP contribution in [0.5, 0.6) is 0 Å². The quantitative estimate of drug-likeness (QED) is 0.375. The van der Waals surface area contributed by atoms with Crippen molar-refractivity contribution in [1.29, 1.82) is 0 Å². The highest BCUT2D eigenvalue weighted by Crippen LogP contribution is 2.27. The van der Waals surface area contributed by atoms with Crippen molar-refractivity contribution in [2.45, 2.75) is 19.0 Å². The monoisotopic (exact) mass is 418 g/mol. The second-order valence-corrected chi connectivity index (χ2v) is 8.13. The van der Waals surface area contributed by atoms with E-state index in [9.17, 15) is 9.59 Å². The van der Waals surface area contributed by atoms with Gasteiger partial charge in [-0.25, -0.2) is 4.98 Å². The highest BCUT2D eigenvalue weighted by Gasteiger charge is 2.16. The fourth-order valence-corrected chi connectivity index (χ4v) is 4.00. The first-order valence-corrected chi connectivity index (χ1v) is 10.6. The average Bonchev–Trinajstić information content (AvgIpc) is 3.17. The van der Waals surface area contributed by atoms with Gasteiger partial charge < -0.3 is 10.3 Å². The van der Waals surface area contributed by atoms with Crippen molar-refractivity contribution in [1.82, 2.24) is 14.5 Å². The van der Waals surface area contributed by atoms with Crippen LogP contribution in [0.2, 0.25) is 0 Å². The summed E-state index contributed by atoms with van der Waals surface area (Å²) in [6, 6.07) is 15.6. The van der Waals surface area contributed by atoms with Crippen LogP contribution in [0.15, 0.2) is 64.7 Å². The van der Waals surface area contributed by atoms with Gasteiger partial charge in [-0.3, -0.25) is 14.2 Å². The second-order valence-electron chi connectivity index (χ2n) is 7.19. The number of anilines is 1. The van der Waals surface area contributed by atoms with Gasteiger partial charge in [0.05, 0.1) is 5.75 Å². The van der Waals surface area contributed by atoms with Gasteiger partial charge in [0.15, 0.2) is 5.16 Å². The number of thioether (sulfide) groups is 1. The molecule has 1 amide bonds. The number of aromatic amines is 1. The third kappa shape index (κ3) is 3.89. The number of nitrogens with one attached hydrogen (secondary N) is 2. The first-order chi connectivity index (χ1) is 14.4. The molecule has 0 bridgehead atoms. The molecule has 0 saturated carbocycles. The normalized spacial score (nSPS) is 11.0. The fourth-order valence-electron chi connectivity index (χ4n) is 3.23. The third-order valence-corrected chi connectivity index (χ3v) is 6.10. The predicted octanol–water partition coefficient (Wildman–Crippen LogP) is 4.28. The first-order valence-electron chi connectivity index (χ1n) is 9.57. The van der Waals surface area contributed by atoms with Gasteiger partial charge in [-0.05, 0) is 42.7 Å². The van der Waals surface area contributed by atoms with E-state index < -0.39 is 0 Å². The van der Waals surface area contributed by atoms with Gasteiger partial charge in [0.1, 0.15) is 11.0 Å². The zero-order valence-electron chi connectivity index (χ0n) is 17.0. The number of aryl methyl sites for hydroxylation is 2. The Morgan fingerprint density at radius 2 is 1.90 bits per heavy atom. The van der Waals surface area contributed by atoms with E-state index in [1.54, 1.807) is 13.2 Å². The molecule has 152 valence electrons. The minimum Gasteiger partial charge on any atom is -0.355 e. The molecule has 4 aromatic rings. The number of hydrogen-bond donors (Lipinski definition) is 2. The Labute approximate surface area is 178 Å². The van der Waals surface area contributed by atoms with Gasteiger partial charge in [-0.15, -0.1) is 0 Å². The number of hydrogen-bond acceptors (Lipinski definition) is 4. The van der Waals surface area contributed by atoms with Crippen LogP contribution in [0.25, 0.3) is 22.2 Å². The second kappa shape index (κ2) is 8.20. The van der Waals surface area contributed by atoms with Crippen molar-refractivity contribution >= 4 is 34.4 Å². The lowest BCUT2D eigenvalue weighted by molar-refractivity contribution is -0.113. The van der Waals surface area contributed by atoms with E-state index in [-0.39, 0.29) is 17.2 Å². The molecule has 0 saturated heterocycles. The maximum atomic E-state index is 12.8. The maximum absolute atomic E-state index is 12.8. The molecule has 7 heteroatoms. The largest absolute Gasteiger partial charge is 0.355 e. The number of rotatable bonds is 5. The predicted molar refractivity (Wildman–Crippen MR) is 122 cm³/mol. The minimum atomic E-state index is -0.167. The van der Waals surface area contributed by atoms with Crippen LogP contribution in [0.4, 0.5) is 5.69 Å². The number of H-pyrrole nitrogens is 1. The smallest absolute Gasteiger partial charge is 0.278 e. The minimum absolute atomic E-state index is 0.144. The number of nitrogens with zero attached hydrogens (tertiary/aromatic N) is 2. The molecule has 6 nitrogen and oxygen atoms in total. The molecule has 0 fully saturated rings. The van der Waals surface area contributed by atoms with Crippen LogP contribution in [-0.2, 0) is 11.8 Å².